The van der Waals surface area contributed by atoms with Crippen molar-refractivity contribution in [1.82, 2.24) is 0 Å². The second-order valence-corrected chi connectivity index (χ2v) is 8.03. The van der Waals surface area contributed by atoms with Gasteiger partial charge in [0.05, 0.1) is 17.7 Å². The molecule has 0 aromatic heterocycles. The van der Waals surface area contributed by atoms with E-state index in [2.05, 4.69) is 4.72 Å². The first-order chi connectivity index (χ1) is 14.3. The molecule has 0 fully saturated rings. The number of hydrogen-bond donors (Lipinski definition) is 1. The smallest absolute Gasteiger partial charge is 0.261 e. The number of methoxy groups -OCH3 is 1. The van der Waals surface area contributed by atoms with E-state index in [0.29, 0.717) is 11.3 Å². The normalized spacial score (nSPS) is 11.0. The molecule has 154 valence electrons. The lowest BCUT2D eigenvalue weighted by atomic mass is 9.99. The lowest BCUT2D eigenvalue weighted by Crippen LogP contribution is -2.16. The largest absolute Gasteiger partial charge is 0.497 e. The van der Waals surface area contributed by atoms with Crippen LogP contribution in [0.15, 0.2) is 77.7 Å². The van der Waals surface area contributed by atoms with Crippen molar-refractivity contribution < 1.29 is 22.9 Å². The average Bonchev–Trinajstić information content (AvgIpc) is 2.74. The number of rotatable bonds is 8. The lowest BCUT2D eigenvalue weighted by molar-refractivity contribution is -0.496. The van der Waals surface area contributed by atoms with Crippen molar-refractivity contribution in [2.45, 2.75) is 11.4 Å². The first-order valence-electron chi connectivity index (χ1n) is 8.81. The third-order valence-corrected chi connectivity index (χ3v) is 5.67. The number of sulfonamides is 1. The van der Waals surface area contributed by atoms with E-state index in [1.165, 1.54) is 49.6 Å². The number of ketones is 1. The second kappa shape index (κ2) is 8.75. The molecule has 0 saturated carbocycles. The van der Waals surface area contributed by atoms with Crippen LogP contribution in [0.1, 0.15) is 21.5 Å². The van der Waals surface area contributed by atoms with Crippen LogP contribution in [0.3, 0.4) is 0 Å². The fourth-order valence-corrected chi connectivity index (χ4v) is 3.90. The molecular weight excluding hydrogens is 408 g/mol. The van der Waals surface area contributed by atoms with Crippen molar-refractivity contribution in [3.63, 3.8) is 0 Å². The summed E-state index contributed by atoms with van der Waals surface area (Å²) >= 11 is 0. The number of carbonyl (C=O) groups is 1. The van der Waals surface area contributed by atoms with Crippen molar-refractivity contribution in [3.05, 3.63) is 99.6 Å². The second-order valence-electron chi connectivity index (χ2n) is 6.35. The molecule has 0 aliphatic carbocycles. The van der Waals surface area contributed by atoms with Crippen LogP contribution < -0.4 is 9.46 Å². The van der Waals surface area contributed by atoms with E-state index >= 15 is 0 Å². The van der Waals surface area contributed by atoms with Crippen LogP contribution in [0.25, 0.3) is 0 Å². The highest BCUT2D eigenvalue weighted by Crippen LogP contribution is 2.25. The Morgan fingerprint density at radius 1 is 1.03 bits per heavy atom. The van der Waals surface area contributed by atoms with Gasteiger partial charge in [-0.05, 0) is 36.4 Å². The maximum absolute atomic E-state index is 13.0. The fraction of sp³-hybridized carbons (Fsp3) is 0.0952. The van der Waals surface area contributed by atoms with Gasteiger partial charge in [-0.2, -0.15) is 0 Å². The Balaban J connectivity index is 2.02. The highest BCUT2D eigenvalue weighted by Gasteiger charge is 2.21. The SMILES string of the molecule is COc1ccc(S(=O)(=O)Nc2ccc(C[N+](=O)[O-])cc2C(=O)c2ccccc2)cc1. The zero-order valence-corrected chi connectivity index (χ0v) is 16.8. The molecule has 0 aliphatic heterocycles. The molecule has 9 heteroatoms. The first-order valence-corrected chi connectivity index (χ1v) is 10.3. The van der Waals surface area contributed by atoms with Crippen LogP contribution in [0.2, 0.25) is 0 Å². The molecule has 0 radical (unpaired) electrons. The molecule has 30 heavy (non-hydrogen) atoms. The Morgan fingerprint density at radius 2 is 1.70 bits per heavy atom. The summed E-state index contributed by atoms with van der Waals surface area (Å²) in [6.45, 7) is -0.486. The van der Waals surface area contributed by atoms with E-state index in [4.69, 9.17) is 4.74 Å². The van der Waals surface area contributed by atoms with E-state index in [9.17, 15) is 23.3 Å². The molecule has 0 spiro atoms. The van der Waals surface area contributed by atoms with Gasteiger partial charge in [-0.25, -0.2) is 8.42 Å². The van der Waals surface area contributed by atoms with Gasteiger partial charge in [-0.3, -0.25) is 19.6 Å². The van der Waals surface area contributed by atoms with Crippen LogP contribution in [0.4, 0.5) is 5.69 Å². The van der Waals surface area contributed by atoms with E-state index < -0.39 is 27.3 Å². The third-order valence-electron chi connectivity index (χ3n) is 4.29. The van der Waals surface area contributed by atoms with Crippen molar-refractivity contribution in [2.24, 2.45) is 0 Å². The predicted octanol–water partition coefficient (Wildman–Crippen LogP) is 3.50. The summed E-state index contributed by atoms with van der Waals surface area (Å²) in [5, 5.41) is 10.9. The maximum Gasteiger partial charge on any atom is 0.261 e. The number of hydrogen-bond acceptors (Lipinski definition) is 6. The summed E-state index contributed by atoms with van der Waals surface area (Å²) < 4.78 is 33.0. The molecule has 0 aliphatic rings. The molecular formula is C21H18N2O6S. The number of nitrogens with zero attached hydrogens (tertiary/aromatic N) is 1. The summed E-state index contributed by atoms with van der Waals surface area (Å²) in [4.78, 5) is 23.3. The molecule has 0 unspecified atom stereocenters. The lowest BCUT2D eigenvalue weighted by Gasteiger charge is -2.13. The van der Waals surface area contributed by atoms with E-state index in [-0.39, 0.29) is 21.7 Å². The molecule has 0 atom stereocenters. The summed E-state index contributed by atoms with van der Waals surface area (Å²) in [7, 11) is -2.54. The number of anilines is 1. The van der Waals surface area contributed by atoms with Crippen LogP contribution >= 0.6 is 0 Å². The zero-order valence-electron chi connectivity index (χ0n) is 15.9. The minimum atomic E-state index is -4.00. The average molecular weight is 426 g/mol. The Bertz CT molecular complexity index is 1180. The van der Waals surface area contributed by atoms with Gasteiger partial charge in [0.1, 0.15) is 5.75 Å². The third kappa shape index (κ3) is 4.81. The molecule has 0 bridgehead atoms. The van der Waals surface area contributed by atoms with Crippen molar-refractivity contribution in [3.8, 4) is 5.75 Å². The van der Waals surface area contributed by atoms with Crippen LogP contribution in [0.5, 0.6) is 5.75 Å². The summed E-state index contributed by atoms with van der Waals surface area (Å²) in [6.07, 6.45) is 0. The predicted molar refractivity (Wildman–Crippen MR) is 111 cm³/mol. The van der Waals surface area contributed by atoms with Gasteiger partial charge in [0, 0.05) is 21.6 Å². The molecule has 3 aromatic rings. The minimum Gasteiger partial charge on any atom is -0.497 e. The van der Waals surface area contributed by atoms with Gasteiger partial charge in [-0.15, -0.1) is 0 Å². The van der Waals surface area contributed by atoms with Gasteiger partial charge in [0.15, 0.2) is 5.78 Å². The number of nitrogens with one attached hydrogen (secondary N) is 1. The molecule has 0 heterocycles. The van der Waals surface area contributed by atoms with E-state index in [1.54, 1.807) is 30.3 Å². The number of carbonyl (C=O) groups excluding carboxylic acids is 1. The molecule has 3 rings (SSSR count). The Hall–Kier alpha value is -3.72. The highest BCUT2D eigenvalue weighted by atomic mass is 32.2. The topological polar surface area (TPSA) is 116 Å². The summed E-state index contributed by atoms with van der Waals surface area (Å²) in [5.41, 5.74) is 0.678. The summed E-state index contributed by atoms with van der Waals surface area (Å²) in [5.74, 6) is 0.0475. The number of nitro groups is 1. The Labute approximate surface area is 173 Å². The molecule has 8 nitrogen and oxygen atoms in total. The standard InChI is InChI=1S/C21H18N2O6S/c1-29-17-8-10-18(11-9-17)30(27,28)22-20-12-7-15(14-23(25)26)13-19(20)21(24)16-5-3-2-4-6-16/h2-13,22H,14H2,1H3. The van der Waals surface area contributed by atoms with Gasteiger partial charge < -0.3 is 4.74 Å². The molecule has 0 amide bonds. The number of ether oxygens (including phenoxy) is 1. The van der Waals surface area contributed by atoms with Gasteiger partial charge >= 0.3 is 0 Å². The monoisotopic (exact) mass is 426 g/mol. The first kappa shape index (κ1) is 21.0. The van der Waals surface area contributed by atoms with Gasteiger partial charge in [-0.1, -0.05) is 36.4 Å². The van der Waals surface area contributed by atoms with Crippen LogP contribution in [0, 0.1) is 10.1 Å². The van der Waals surface area contributed by atoms with Gasteiger partial charge in [0.25, 0.3) is 10.0 Å². The summed E-state index contributed by atoms with van der Waals surface area (Å²) in [6, 6.07) is 18.1. The van der Waals surface area contributed by atoms with Crippen molar-refractivity contribution in [2.75, 3.05) is 11.8 Å². The number of benzene rings is 3. The van der Waals surface area contributed by atoms with E-state index in [1.807, 2.05) is 0 Å². The maximum atomic E-state index is 13.0. The molecule has 1 N–H and O–H groups in total. The fourth-order valence-electron chi connectivity index (χ4n) is 2.82. The van der Waals surface area contributed by atoms with Crippen molar-refractivity contribution in [1.29, 1.82) is 0 Å². The minimum absolute atomic E-state index is 0.0178. The van der Waals surface area contributed by atoms with Crippen molar-refractivity contribution >= 4 is 21.5 Å². The van der Waals surface area contributed by atoms with E-state index in [0.717, 1.165) is 0 Å². The zero-order chi connectivity index (χ0) is 21.7. The quantitative estimate of drug-likeness (QED) is 0.335. The van der Waals surface area contributed by atoms with Gasteiger partial charge in [0.2, 0.25) is 6.54 Å². The Kier molecular flexibility index (Phi) is 6.12. The van der Waals surface area contributed by atoms with Crippen LogP contribution in [-0.4, -0.2) is 26.2 Å². The molecule has 3 aromatic carbocycles. The van der Waals surface area contributed by atoms with Crippen LogP contribution in [-0.2, 0) is 16.6 Å². The molecule has 0 saturated heterocycles. The Morgan fingerprint density at radius 3 is 2.30 bits per heavy atom. The highest BCUT2D eigenvalue weighted by molar-refractivity contribution is 7.92.